The number of rotatable bonds is 2. The lowest BCUT2D eigenvalue weighted by Crippen LogP contribution is -2.49. The van der Waals surface area contributed by atoms with E-state index < -0.39 is 0 Å². The third-order valence-electron chi connectivity index (χ3n) is 3.85. The first kappa shape index (κ1) is 15.3. The van der Waals surface area contributed by atoms with Crippen LogP contribution in [0, 0.1) is 9.39 Å². The molecule has 1 fully saturated rings. The molecule has 0 spiro atoms. The van der Waals surface area contributed by atoms with Crippen molar-refractivity contribution in [2.45, 2.75) is 0 Å². The fourth-order valence-corrected chi connectivity index (χ4v) is 3.35. The molecule has 3 rings (SSSR count). The third-order valence-corrected chi connectivity index (χ3v) is 4.74. The smallest absolute Gasteiger partial charge is 0.255 e. The second-order valence-corrected chi connectivity index (χ2v) is 6.40. The van der Waals surface area contributed by atoms with Crippen LogP contribution in [-0.4, -0.2) is 37.0 Å². The van der Waals surface area contributed by atoms with Gasteiger partial charge in [0.1, 0.15) is 5.82 Å². The largest absolute Gasteiger partial charge is 0.368 e. The molecular formula is C17H16FIN2O. The summed E-state index contributed by atoms with van der Waals surface area (Å²) in [5.74, 6) is -0.327. The van der Waals surface area contributed by atoms with Crippen LogP contribution in [-0.2, 0) is 0 Å². The van der Waals surface area contributed by atoms with Gasteiger partial charge in [0.15, 0.2) is 0 Å². The molecule has 2 aromatic rings. The normalized spacial score (nSPS) is 15.0. The highest BCUT2D eigenvalue weighted by atomic mass is 127. The van der Waals surface area contributed by atoms with E-state index in [-0.39, 0.29) is 11.7 Å². The van der Waals surface area contributed by atoms with Crippen molar-refractivity contribution in [3.63, 3.8) is 0 Å². The Morgan fingerprint density at radius 1 is 1.00 bits per heavy atom. The van der Waals surface area contributed by atoms with Crippen molar-refractivity contribution in [2.24, 2.45) is 0 Å². The summed E-state index contributed by atoms with van der Waals surface area (Å²) >= 11 is 2.01. The molecule has 0 atom stereocenters. The van der Waals surface area contributed by atoms with Crippen LogP contribution in [0.3, 0.4) is 0 Å². The van der Waals surface area contributed by atoms with E-state index >= 15 is 0 Å². The summed E-state index contributed by atoms with van der Waals surface area (Å²) < 4.78 is 13.8. The first-order valence-corrected chi connectivity index (χ1v) is 8.27. The van der Waals surface area contributed by atoms with Crippen molar-refractivity contribution in [3.05, 3.63) is 63.5 Å². The second kappa shape index (κ2) is 6.64. The molecule has 0 unspecified atom stereocenters. The Bertz CT molecular complexity index is 670. The van der Waals surface area contributed by atoms with Crippen LogP contribution in [0.15, 0.2) is 48.5 Å². The van der Waals surface area contributed by atoms with Crippen LogP contribution < -0.4 is 4.90 Å². The molecular weight excluding hydrogens is 394 g/mol. The monoisotopic (exact) mass is 410 g/mol. The number of nitrogens with zero attached hydrogens (tertiary/aromatic N) is 2. The number of hydrogen-bond donors (Lipinski definition) is 0. The lowest BCUT2D eigenvalue weighted by atomic mass is 10.1. The lowest BCUT2D eigenvalue weighted by Gasteiger charge is -2.36. The van der Waals surface area contributed by atoms with Gasteiger partial charge in [-0.05, 0) is 52.9 Å². The minimum atomic E-state index is -0.310. The number of hydrogen-bond acceptors (Lipinski definition) is 2. The van der Waals surface area contributed by atoms with Gasteiger partial charge in [-0.1, -0.05) is 18.2 Å². The molecule has 1 amide bonds. The first-order chi connectivity index (χ1) is 10.6. The Balaban J connectivity index is 1.67. The van der Waals surface area contributed by atoms with E-state index in [4.69, 9.17) is 0 Å². The van der Waals surface area contributed by atoms with Gasteiger partial charge in [-0.15, -0.1) is 0 Å². The summed E-state index contributed by atoms with van der Waals surface area (Å²) in [7, 11) is 0. The van der Waals surface area contributed by atoms with Crippen molar-refractivity contribution >= 4 is 34.2 Å². The number of carbonyl (C=O) groups is 1. The molecule has 1 aliphatic heterocycles. The first-order valence-electron chi connectivity index (χ1n) is 7.19. The van der Waals surface area contributed by atoms with Gasteiger partial charge in [0.25, 0.3) is 5.91 Å². The van der Waals surface area contributed by atoms with E-state index in [0.717, 1.165) is 13.1 Å². The molecule has 3 nitrogen and oxygen atoms in total. The average Bonchev–Trinajstić information content (AvgIpc) is 2.55. The van der Waals surface area contributed by atoms with Gasteiger partial charge in [0, 0.05) is 35.4 Å². The maximum atomic E-state index is 13.2. The van der Waals surface area contributed by atoms with E-state index in [9.17, 15) is 9.18 Å². The molecule has 0 aromatic heterocycles. The number of para-hydroxylation sites is 1. The molecule has 0 N–H and O–H groups in total. The Morgan fingerprint density at radius 2 is 1.68 bits per heavy atom. The van der Waals surface area contributed by atoms with E-state index in [1.807, 2.05) is 45.7 Å². The molecule has 114 valence electrons. The van der Waals surface area contributed by atoms with Crippen molar-refractivity contribution in [1.82, 2.24) is 4.90 Å². The zero-order valence-corrected chi connectivity index (χ0v) is 14.2. The molecule has 1 saturated heterocycles. The van der Waals surface area contributed by atoms with Crippen LogP contribution in [0.25, 0.3) is 0 Å². The predicted molar refractivity (Wildman–Crippen MR) is 93.7 cm³/mol. The highest BCUT2D eigenvalue weighted by Gasteiger charge is 2.23. The summed E-state index contributed by atoms with van der Waals surface area (Å²) in [6, 6.07) is 14.5. The summed E-state index contributed by atoms with van der Waals surface area (Å²) in [6.45, 7) is 2.99. The number of piperazine rings is 1. The maximum Gasteiger partial charge on any atom is 0.255 e. The molecule has 0 bridgehead atoms. The van der Waals surface area contributed by atoms with Gasteiger partial charge >= 0.3 is 0 Å². The highest BCUT2D eigenvalue weighted by Crippen LogP contribution is 2.19. The number of benzene rings is 2. The molecule has 5 heteroatoms. The van der Waals surface area contributed by atoms with Crippen molar-refractivity contribution < 1.29 is 9.18 Å². The van der Waals surface area contributed by atoms with Gasteiger partial charge in [-0.2, -0.15) is 0 Å². The lowest BCUT2D eigenvalue weighted by molar-refractivity contribution is 0.0745. The summed E-state index contributed by atoms with van der Waals surface area (Å²) in [4.78, 5) is 16.7. The molecule has 2 aromatic carbocycles. The minimum absolute atomic E-state index is 0.0166. The molecule has 1 aliphatic rings. The molecule has 22 heavy (non-hydrogen) atoms. The van der Waals surface area contributed by atoms with Crippen molar-refractivity contribution in [1.29, 1.82) is 0 Å². The molecule has 1 heterocycles. The van der Waals surface area contributed by atoms with Crippen LogP contribution in [0.2, 0.25) is 0 Å². The SMILES string of the molecule is O=C(c1ccc(F)cc1I)N1CCN(c2ccccc2)CC1. The van der Waals surface area contributed by atoms with Gasteiger partial charge in [0.2, 0.25) is 0 Å². The summed E-state index contributed by atoms with van der Waals surface area (Å²) in [5, 5.41) is 0. The molecule has 0 saturated carbocycles. The Hall–Kier alpha value is -1.63. The van der Waals surface area contributed by atoms with E-state index in [1.165, 1.54) is 17.8 Å². The van der Waals surface area contributed by atoms with Gasteiger partial charge < -0.3 is 9.80 Å². The van der Waals surface area contributed by atoms with Crippen LogP contribution >= 0.6 is 22.6 Å². The Morgan fingerprint density at radius 3 is 2.32 bits per heavy atom. The number of carbonyl (C=O) groups excluding carboxylic acids is 1. The second-order valence-electron chi connectivity index (χ2n) is 5.24. The number of anilines is 1. The predicted octanol–water partition coefficient (Wildman–Crippen LogP) is 3.39. The fourth-order valence-electron chi connectivity index (χ4n) is 2.64. The zero-order valence-electron chi connectivity index (χ0n) is 12.0. The van der Waals surface area contributed by atoms with E-state index in [1.54, 1.807) is 6.07 Å². The quantitative estimate of drug-likeness (QED) is 0.709. The van der Waals surface area contributed by atoms with Crippen molar-refractivity contribution in [2.75, 3.05) is 31.1 Å². The Labute approximate surface area is 142 Å². The van der Waals surface area contributed by atoms with Crippen LogP contribution in [0.5, 0.6) is 0 Å². The molecule has 0 aliphatic carbocycles. The zero-order chi connectivity index (χ0) is 15.5. The third kappa shape index (κ3) is 3.24. The van der Waals surface area contributed by atoms with Crippen molar-refractivity contribution in [3.8, 4) is 0 Å². The Kier molecular flexibility index (Phi) is 4.61. The summed E-state index contributed by atoms with van der Waals surface area (Å²) in [6.07, 6.45) is 0. The van der Waals surface area contributed by atoms with Crippen LogP contribution in [0.1, 0.15) is 10.4 Å². The maximum absolute atomic E-state index is 13.2. The van der Waals surface area contributed by atoms with E-state index in [0.29, 0.717) is 22.2 Å². The average molecular weight is 410 g/mol. The number of amides is 1. The standard InChI is InChI=1S/C17H16FIN2O/c18-13-6-7-15(16(19)12-13)17(22)21-10-8-20(9-11-21)14-4-2-1-3-5-14/h1-7,12H,8-11H2. The van der Waals surface area contributed by atoms with E-state index in [2.05, 4.69) is 17.0 Å². The fraction of sp³-hybridized carbons (Fsp3) is 0.235. The summed E-state index contributed by atoms with van der Waals surface area (Å²) in [5.41, 5.74) is 1.76. The van der Waals surface area contributed by atoms with Gasteiger partial charge in [-0.25, -0.2) is 4.39 Å². The van der Waals surface area contributed by atoms with Crippen LogP contribution in [0.4, 0.5) is 10.1 Å². The minimum Gasteiger partial charge on any atom is -0.368 e. The van der Waals surface area contributed by atoms with Gasteiger partial charge in [-0.3, -0.25) is 4.79 Å². The highest BCUT2D eigenvalue weighted by molar-refractivity contribution is 14.1. The topological polar surface area (TPSA) is 23.6 Å². The molecule has 0 radical (unpaired) electrons. The number of halogens is 2. The van der Waals surface area contributed by atoms with Gasteiger partial charge in [0.05, 0.1) is 5.56 Å².